The lowest BCUT2D eigenvalue weighted by molar-refractivity contribution is -0.115. The molecule has 7 heteroatoms. The van der Waals surface area contributed by atoms with Gasteiger partial charge in [-0.05, 0) is 0 Å². The van der Waals surface area contributed by atoms with E-state index in [-0.39, 0.29) is 17.6 Å². The van der Waals surface area contributed by atoms with Gasteiger partial charge in [-0.15, -0.1) is 10.2 Å². The van der Waals surface area contributed by atoms with Gasteiger partial charge in [-0.2, -0.15) is 0 Å². The number of ether oxygens (including phenoxy) is 1. The Morgan fingerprint density at radius 1 is 1.53 bits per heavy atom. The Hall–Kier alpha value is -1.08. The van der Waals surface area contributed by atoms with Gasteiger partial charge in [0.05, 0.1) is 12.4 Å². The molecule has 0 fully saturated rings. The van der Waals surface area contributed by atoms with Crippen LogP contribution in [0.3, 0.4) is 0 Å². The topological polar surface area (TPSA) is 83.0 Å². The number of carbonyl (C=O) groups excluding carboxylic acids is 1. The summed E-state index contributed by atoms with van der Waals surface area (Å²) in [7, 11) is 1.65. The van der Waals surface area contributed by atoms with E-state index in [1.807, 2.05) is 4.57 Å². The molecule has 2 N–H and O–H groups in total. The van der Waals surface area contributed by atoms with Crippen molar-refractivity contribution in [2.45, 2.75) is 31.5 Å². The molecule has 0 atom stereocenters. The molecule has 0 saturated heterocycles. The first-order valence-corrected chi connectivity index (χ1v) is 6.38. The number of amides is 1. The van der Waals surface area contributed by atoms with Crippen LogP contribution in [0.4, 0.5) is 0 Å². The molecule has 1 aromatic rings. The molecule has 0 unspecified atom stereocenters. The third-order valence-corrected chi connectivity index (χ3v) is 3.11. The summed E-state index contributed by atoms with van der Waals surface area (Å²) in [6.07, 6.45) is 0. The first-order chi connectivity index (χ1) is 8.06. The number of aromatic nitrogens is 3. The lowest BCUT2D eigenvalue weighted by Gasteiger charge is -2.10. The van der Waals surface area contributed by atoms with Gasteiger partial charge in [-0.25, -0.2) is 0 Å². The van der Waals surface area contributed by atoms with Crippen LogP contribution in [0, 0.1) is 0 Å². The summed E-state index contributed by atoms with van der Waals surface area (Å²) in [6, 6.07) is 0. The Morgan fingerprint density at radius 3 is 2.76 bits per heavy atom. The minimum Gasteiger partial charge on any atom is -0.383 e. The Morgan fingerprint density at radius 2 is 2.24 bits per heavy atom. The Bertz CT molecular complexity index is 378. The van der Waals surface area contributed by atoms with Gasteiger partial charge in [0.15, 0.2) is 5.16 Å². The maximum absolute atomic E-state index is 10.8. The van der Waals surface area contributed by atoms with Crippen molar-refractivity contribution < 1.29 is 9.53 Å². The predicted octanol–water partition coefficient (Wildman–Crippen LogP) is 0.625. The van der Waals surface area contributed by atoms with Crippen LogP contribution in [-0.2, 0) is 16.1 Å². The van der Waals surface area contributed by atoms with Crippen LogP contribution in [0.5, 0.6) is 0 Å². The third-order valence-electron chi connectivity index (χ3n) is 2.12. The molecule has 1 aromatic heterocycles. The summed E-state index contributed by atoms with van der Waals surface area (Å²) in [5.74, 6) is 1.03. The number of hydrogen-bond acceptors (Lipinski definition) is 5. The zero-order chi connectivity index (χ0) is 12.8. The van der Waals surface area contributed by atoms with Gasteiger partial charge in [0.2, 0.25) is 5.91 Å². The molecule has 0 aromatic carbocycles. The minimum atomic E-state index is -0.359. The van der Waals surface area contributed by atoms with E-state index in [1.54, 1.807) is 7.11 Å². The molecular weight excluding hydrogens is 240 g/mol. The fourth-order valence-corrected chi connectivity index (χ4v) is 2.07. The quantitative estimate of drug-likeness (QED) is 0.725. The van der Waals surface area contributed by atoms with Crippen LogP contribution in [-0.4, -0.2) is 40.1 Å². The monoisotopic (exact) mass is 258 g/mol. The second-order valence-corrected chi connectivity index (χ2v) is 4.84. The van der Waals surface area contributed by atoms with Gasteiger partial charge in [0.25, 0.3) is 0 Å². The minimum absolute atomic E-state index is 0.212. The molecule has 1 amide bonds. The molecule has 1 heterocycles. The van der Waals surface area contributed by atoms with Crippen LogP contribution in [0.2, 0.25) is 0 Å². The van der Waals surface area contributed by atoms with E-state index >= 15 is 0 Å². The van der Waals surface area contributed by atoms with E-state index < -0.39 is 0 Å². The number of hydrogen-bond donors (Lipinski definition) is 1. The zero-order valence-electron chi connectivity index (χ0n) is 10.3. The van der Waals surface area contributed by atoms with Crippen LogP contribution >= 0.6 is 11.8 Å². The van der Waals surface area contributed by atoms with Gasteiger partial charge in [-0.3, -0.25) is 4.79 Å². The van der Waals surface area contributed by atoms with Crippen molar-refractivity contribution in [3.8, 4) is 0 Å². The van der Waals surface area contributed by atoms with Crippen molar-refractivity contribution in [2.24, 2.45) is 5.73 Å². The summed E-state index contributed by atoms with van der Waals surface area (Å²) in [5, 5.41) is 8.92. The molecule has 0 saturated carbocycles. The predicted molar refractivity (Wildman–Crippen MR) is 65.9 cm³/mol. The van der Waals surface area contributed by atoms with E-state index in [0.717, 1.165) is 5.82 Å². The molecule has 6 nitrogen and oxygen atoms in total. The number of nitrogens with two attached hydrogens (primary N) is 1. The number of methoxy groups -OCH3 is 1. The number of carbonyl (C=O) groups is 1. The van der Waals surface area contributed by atoms with Crippen LogP contribution in [0.25, 0.3) is 0 Å². The van der Waals surface area contributed by atoms with Gasteiger partial charge in [-0.1, -0.05) is 25.6 Å². The van der Waals surface area contributed by atoms with E-state index in [9.17, 15) is 4.79 Å². The first kappa shape index (κ1) is 14.0. The largest absolute Gasteiger partial charge is 0.383 e. The Labute approximate surface area is 105 Å². The Kier molecular flexibility index (Phi) is 5.43. The molecule has 0 aliphatic heterocycles. The van der Waals surface area contributed by atoms with Crippen LogP contribution in [0.15, 0.2) is 5.16 Å². The lowest BCUT2D eigenvalue weighted by atomic mass is 10.2. The highest BCUT2D eigenvalue weighted by atomic mass is 32.2. The van der Waals surface area contributed by atoms with Crippen molar-refractivity contribution in [1.29, 1.82) is 0 Å². The number of primary amides is 1. The Balaban J connectivity index is 2.83. The molecule has 1 rings (SSSR count). The number of thioether (sulfide) groups is 1. The SMILES string of the molecule is COCCn1c(SCC(N)=O)nnc1C(C)C. The summed E-state index contributed by atoms with van der Waals surface area (Å²) < 4.78 is 7.03. The van der Waals surface area contributed by atoms with E-state index in [0.29, 0.717) is 18.3 Å². The smallest absolute Gasteiger partial charge is 0.227 e. The van der Waals surface area contributed by atoms with Crippen LogP contribution in [0.1, 0.15) is 25.6 Å². The van der Waals surface area contributed by atoms with E-state index in [2.05, 4.69) is 24.0 Å². The summed E-state index contributed by atoms with van der Waals surface area (Å²) in [5.41, 5.74) is 5.12. The van der Waals surface area contributed by atoms with Gasteiger partial charge in [0.1, 0.15) is 5.82 Å². The molecular formula is C10H18N4O2S. The van der Waals surface area contributed by atoms with Crippen molar-refractivity contribution in [3.63, 3.8) is 0 Å². The van der Waals surface area contributed by atoms with Gasteiger partial charge < -0.3 is 15.0 Å². The standard InChI is InChI=1S/C10H18N4O2S/c1-7(2)9-12-13-10(17-6-8(11)15)14(9)4-5-16-3/h7H,4-6H2,1-3H3,(H2,11,15). The van der Waals surface area contributed by atoms with Crippen molar-refractivity contribution in [1.82, 2.24) is 14.8 Å². The molecule has 0 aliphatic carbocycles. The fraction of sp³-hybridized carbons (Fsp3) is 0.700. The molecule has 96 valence electrons. The molecule has 0 radical (unpaired) electrons. The van der Waals surface area contributed by atoms with Crippen molar-refractivity contribution in [2.75, 3.05) is 19.5 Å². The fourth-order valence-electron chi connectivity index (χ4n) is 1.36. The first-order valence-electron chi connectivity index (χ1n) is 5.39. The van der Waals surface area contributed by atoms with Crippen LogP contribution < -0.4 is 5.73 Å². The average Bonchev–Trinajstić information content (AvgIpc) is 2.66. The summed E-state index contributed by atoms with van der Waals surface area (Å²) >= 11 is 1.30. The number of rotatable bonds is 7. The highest BCUT2D eigenvalue weighted by molar-refractivity contribution is 7.99. The molecule has 17 heavy (non-hydrogen) atoms. The second-order valence-electron chi connectivity index (χ2n) is 3.89. The van der Waals surface area contributed by atoms with E-state index in [4.69, 9.17) is 10.5 Å². The molecule has 0 spiro atoms. The second kappa shape index (κ2) is 6.61. The maximum Gasteiger partial charge on any atom is 0.227 e. The van der Waals surface area contributed by atoms with E-state index in [1.165, 1.54) is 11.8 Å². The molecule has 0 aliphatic rings. The van der Waals surface area contributed by atoms with Crippen molar-refractivity contribution in [3.05, 3.63) is 5.82 Å². The highest BCUT2D eigenvalue weighted by Gasteiger charge is 2.15. The molecule has 0 bridgehead atoms. The van der Waals surface area contributed by atoms with Gasteiger partial charge >= 0.3 is 0 Å². The summed E-state index contributed by atoms with van der Waals surface area (Å²) in [6.45, 7) is 5.37. The normalized spacial score (nSPS) is 11.1. The lowest BCUT2D eigenvalue weighted by Crippen LogP contribution is -2.15. The maximum atomic E-state index is 10.8. The van der Waals surface area contributed by atoms with Crippen molar-refractivity contribution >= 4 is 17.7 Å². The third kappa shape index (κ3) is 4.01. The zero-order valence-corrected chi connectivity index (χ0v) is 11.2. The average molecular weight is 258 g/mol. The highest BCUT2D eigenvalue weighted by Crippen LogP contribution is 2.20. The number of nitrogens with zero attached hydrogens (tertiary/aromatic N) is 3. The van der Waals surface area contributed by atoms with Gasteiger partial charge in [0, 0.05) is 19.6 Å². The summed E-state index contributed by atoms with van der Waals surface area (Å²) in [4.78, 5) is 10.8.